The number of aromatic nitrogens is 5. The SMILES string of the molecule is Cc1cc(NCc2cn[nH]n2)ncn1. The van der Waals surface area contributed by atoms with Crippen molar-refractivity contribution in [2.24, 2.45) is 0 Å². The van der Waals surface area contributed by atoms with Crippen molar-refractivity contribution < 1.29 is 0 Å². The molecule has 0 aliphatic carbocycles. The average Bonchev–Trinajstić information content (AvgIpc) is 2.67. The summed E-state index contributed by atoms with van der Waals surface area (Å²) in [6.45, 7) is 2.52. The van der Waals surface area contributed by atoms with Crippen LogP contribution < -0.4 is 5.32 Å². The molecule has 0 amide bonds. The zero-order chi connectivity index (χ0) is 9.80. The third-order valence-corrected chi connectivity index (χ3v) is 1.72. The summed E-state index contributed by atoms with van der Waals surface area (Å²) in [5.74, 6) is 0.792. The Bertz CT molecular complexity index is 396. The first kappa shape index (κ1) is 8.61. The van der Waals surface area contributed by atoms with E-state index in [0.717, 1.165) is 17.2 Å². The first-order chi connectivity index (χ1) is 6.84. The molecule has 14 heavy (non-hydrogen) atoms. The van der Waals surface area contributed by atoms with Crippen LogP contribution in [0.15, 0.2) is 18.6 Å². The Kier molecular flexibility index (Phi) is 2.35. The maximum atomic E-state index is 4.06. The highest BCUT2D eigenvalue weighted by Crippen LogP contribution is 2.03. The molecule has 0 unspecified atom stereocenters. The fourth-order valence-electron chi connectivity index (χ4n) is 1.04. The Labute approximate surface area is 80.8 Å². The Hall–Kier alpha value is -1.98. The first-order valence-electron chi connectivity index (χ1n) is 4.22. The molecule has 2 rings (SSSR count). The van der Waals surface area contributed by atoms with Gasteiger partial charge in [0.05, 0.1) is 12.7 Å². The summed E-state index contributed by atoms with van der Waals surface area (Å²) in [5, 5.41) is 13.3. The molecular weight excluding hydrogens is 180 g/mol. The normalized spacial score (nSPS) is 10.1. The van der Waals surface area contributed by atoms with Crippen molar-refractivity contribution in [1.82, 2.24) is 25.4 Å². The second-order valence-corrected chi connectivity index (χ2v) is 2.86. The smallest absolute Gasteiger partial charge is 0.129 e. The van der Waals surface area contributed by atoms with E-state index in [-0.39, 0.29) is 0 Å². The monoisotopic (exact) mass is 190 g/mol. The van der Waals surface area contributed by atoms with Crippen LogP contribution in [0.2, 0.25) is 0 Å². The van der Waals surface area contributed by atoms with Gasteiger partial charge in [-0.3, -0.25) is 0 Å². The lowest BCUT2D eigenvalue weighted by atomic mass is 10.4. The molecule has 2 aromatic rings. The van der Waals surface area contributed by atoms with E-state index < -0.39 is 0 Å². The number of anilines is 1. The molecule has 0 fully saturated rings. The molecule has 6 heteroatoms. The molecule has 6 nitrogen and oxygen atoms in total. The van der Waals surface area contributed by atoms with E-state index in [9.17, 15) is 0 Å². The van der Waals surface area contributed by atoms with Crippen LogP contribution in [0.4, 0.5) is 5.82 Å². The van der Waals surface area contributed by atoms with E-state index in [1.165, 1.54) is 6.33 Å². The van der Waals surface area contributed by atoms with Crippen molar-refractivity contribution in [2.45, 2.75) is 13.5 Å². The Morgan fingerprint density at radius 3 is 3.07 bits per heavy atom. The molecule has 0 aliphatic heterocycles. The van der Waals surface area contributed by atoms with Gasteiger partial charge in [-0.1, -0.05) is 0 Å². The topological polar surface area (TPSA) is 79.4 Å². The lowest BCUT2D eigenvalue weighted by Gasteiger charge is -2.02. The van der Waals surface area contributed by atoms with E-state index in [0.29, 0.717) is 6.54 Å². The summed E-state index contributed by atoms with van der Waals surface area (Å²) in [7, 11) is 0. The number of hydrogen-bond donors (Lipinski definition) is 2. The molecule has 0 atom stereocenters. The number of aromatic amines is 1. The molecule has 0 saturated carbocycles. The van der Waals surface area contributed by atoms with Gasteiger partial charge in [-0.15, -0.1) is 0 Å². The minimum atomic E-state index is 0.604. The standard InChI is InChI=1S/C8H10N6/c1-6-2-8(11-5-10-6)9-3-7-4-12-14-13-7/h2,4-5H,3H2,1H3,(H,9,10,11)(H,12,13,14). The molecule has 0 spiro atoms. The molecule has 72 valence electrons. The van der Waals surface area contributed by atoms with Crippen molar-refractivity contribution in [3.8, 4) is 0 Å². The van der Waals surface area contributed by atoms with Gasteiger partial charge in [0.2, 0.25) is 0 Å². The van der Waals surface area contributed by atoms with Crippen LogP contribution in [0.1, 0.15) is 11.4 Å². The molecule has 0 aromatic carbocycles. The number of aryl methyl sites for hydroxylation is 1. The highest BCUT2D eigenvalue weighted by atomic mass is 15.3. The third-order valence-electron chi connectivity index (χ3n) is 1.72. The minimum absolute atomic E-state index is 0.604. The molecule has 0 aliphatic rings. The fraction of sp³-hybridized carbons (Fsp3) is 0.250. The van der Waals surface area contributed by atoms with Crippen LogP contribution in [0, 0.1) is 6.92 Å². The van der Waals surface area contributed by atoms with E-state index in [4.69, 9.17) is 0 Å². The van der Waals surface area contributed by atoms with Gasteiger partial charge in [-0.25, -0.2) is 9.97 Å². The zero-order valence-corrected chi connectivity index (χ0v) is 7.73. The number of nitrogens with zero attached hydrogens (tertiary/aromatic N) is 4. The van der Waals surface area contributed by atoms with Gasteiger partial charge in [-0.05, 0) is 6.92 Å². The van der Waals surface area contributed by atoms with Gasteiger partial charge < -0.3 is 5.32 Å². The fourth-order valence-corrected chi connectivity index (χ4v) is 1.04. The lowest BCUT2D eigenvalue weighted by Crippen LogP contribution is -2.02. The molecule has 0 bridgehead atoms. The first-order valence-corrected chi connectivity index (χ1v) is 4.22. The van der Waals surface area contributed by atoms with Gasteiger partial charge in [0.15, 0.2) is 0 Å². The average molecular weight is 190 g/mol. The van der Waals surface area contributed by atoms with E-state index in [1.54, 1.807) is 6.20 Å². The summed E-state index contributed by atoms with van der Waals surface area (Å²) in [6.07, 6.45) is 3.20. The zero-order valence-electron chi connectivity index (χ0n) is 7.73. The number of rotatable bonds is 3. The summed E-state index contributed by atoms with van der Waals surface area (Å²) < 4.78 is 0. The summed E-state index contributed by atoms with van der Waals surface area (Å²) >= 11 is 0. The highest BCUT2D eigenvalue weighted by molar-refractivity contribution is 5.34. The summed E-state index contributed by atoms with van der Waals surface area (Å²) in [6, 6.07) is 1.88. The molecular formula is C8H10N6. The van der Waals surface area contributed by atoms with Gasteiger partial charge in [0, 0.05) is 11.8 Å². The van der Waals surface area contributed by atoms with Gasteiger partial charge in [-0.2, -0.15) is 15.4 Å². The largest absolute Gasteiger partial charge is 0.364 e. The Balaban J connectivity index is 1.98. The number of nitrogens with one attached hydrogen (secondary N) is 2. The second kappa shape index (κ2) is 3.82. The molecule has 2 heterocycles. The van der Waals surface area contributed by atoms with Crippen molar-refractivity contribution >= 4 is 5.82 Å². The summed E-state index contributed by atoms with van der Waals surface area (Å²) in [5.41, 5.74) is 1.78. The van der Waals surface area contributed by atoms with E-state index >= 15 is 0 Å². The lowest BCUT2D eigenvalue weighted by molar-refractivity contribution is 0.908. The van der Waals surface area contributed by atoms with Crippen LogP contribution in [0.3, 0.4) is 0 Å². The van der Waals surface area contributed by atoms with Crippen LogP contribution >= 0.6 is 0 Å². The molecule has 0 saturated heterocycles. The molecule has 2 N–H and O–H groups in total. The maximum Gasteiger partial charge on any atom is 0.129 e. The quantitative estimate of drug-likeness (QED) is 0.737. The number of H-pyrrole nitrogens is 1. The van der Waals surface area contributed by atoms with Gasteiger partial charge in [0.25, 0.3) is 0 Å². The van der Waals surface area contributed by atoms with Gasteiger partial charge in [0.1, 0.15) is 17.8 Å². The van der Waals surface area contributed by atoms with E-state index in [2.05, 4.69) is 30.7 Å². The predicted octanol–water partition coefficient (Wildman–Crippen LogP) is 0.515. The van der Waals surface area contributed by atoms with Gasteiger partial charge >= 0.3 is 0 Å². The maximum absolute atomic E-state index is 4.06. The number of hydrogen-bond acceptors (Lipinski definition) is 5. The van der Waals surface area contributed by atoms with Crippen molar-refractivity contribution in [2.75, 3.05) is 5.32 Å². The summed E-state index contributed by atoms with van der Waals surface area (Å²) in [4.78, 5) is 8.06. The van der Waals surface area contributed by atoms with Crippen molar-refractivity contribution in [3.63, 3.8) is 0 Å². The van der Waals surface area contributed by atoms with Crippen molar-refractivity contribution in [3.05, 3.63) is 30.0 Å². The second-order valence-electron chi connectivity index (χ2n) is 2.86. The Morgan fingerprint density at radius 1 is 1.43 bits per heavy atom. The van der Waals surface area contributed by atoms with Crippen LogP contribution in [-0.2, 0) is 6.54 Å². The van der Waals surface area contributed by atoms with Crippen LogP contribution in [-0.4, -0.2) is 25.4 Å². The molecule has 0 radical (unpaired) electrons. The Morgan fingerprint density at radius 2 is 2.36 bits per heavy atom. The van der Waals surface area contributed by atoms with Crippen LogP contribution in [0.5, 0.6) is 0 Å². The predicted molar refractivity (Wildman–Crippen MR) is 50.5 cm³/mol. The minimum Gasteiger partial charge on any atom is -0.364 e. The highest BCUT2D eigenvalue weighted by Gasteiger charge is 1.97. The van der Waals surface area contributed by atoms with Crippen LogP contribution in [0.25, 0.3) is 0 Å². The van der Waals surface area contributed by atoms with Crippen molar-refractivity contribution in [1.29, 1.82) is 0 Å². The van der Waals surface area contributed by atoms with E-state index in [1.807, 2.05) is 13.0 Å². The third kappa shape index (κ3) is 2.03. The molecule has 2 aromatic heterocycles.